The monoisotopic (exact) mass is 464 g/mol. The van der Waals surface area contributed by atoms with Gasteiger partial charge in [-0.15, -0.1) is 0 Å². The highest BCUT2D eigenvalue weighted by atomic mass is 32.2. The molecular weight excluding hydrogens is 436 g/mol. The summed E-state index contributed by atoms with van der Waals surface area (Å²) in [6.45, 7) is 5.17. The first-order valence-electron chi connectivity index (χ1n) is 11.0. The minimum absolute atomic E-state index is 0.118. The van der Waals surface area contributed by atoms with Crippen LogP contribution in [-0.4, -0.2) is 44.9 Å². The number of sulfonamides is 1. The van der Waals surface area contributed by atoms with Gasteiger partial charge in [-0.2, -0.15) is 4.31 Å². The Morgan fingerprint density at radius 1 is 0.909 bits per heavy atom. The number of hydrogen-bond acceptors (Lipinski definition) is 4. The molecule has 4 rings (SSSR count). The van der Waals surface area contributed by atoms with Gasteiger partial charge in [0.15, 0.2) is 0 Å². The molecule has 1 aliphatic rings. The number of carbonyl (C=O) groups excluding carboxylic acids is 1. The van der Waals surface area contributed by atoms with Crippen molar-refractivity contribution in [1.29, 1.82) is 0 Å². The van der Waals surface area contributed by atoms with E-state index in [2.05, 4.69) is 5.32 Å². The lowest BCUT2D eigenvalue weighted by Gasteiger charge is -2.26. The SMILES string of the molecule is Cc1ccc(S(=O)(=O)N2CCOCC2)cc1C(=O)N[C@@H](c1ccccc1)c1ccccc1C. The van der Waals surface area contributed by atoms with Crippen LogP contribution in [0.3, 0.4) is 0 Å². The van der Waals surface area contributed by atoms with Gasteiger partial charge in [0.1, 0.15) is 0 Å². The lowest BCUT2D eigenvalue weighted by molar-refractivity contribution is 0.0730. The van der Waals surface area contributed by atoms with E-state index in [1.165, 1.54) is 10.4 Å². The van der Waals surface area contributed by atoms with E-state index in [0.717, 1.165) is 16.7 Å². The second kappa shape index (κ2) is 9.87. The van der Waals surface area contributed by atoms with Gasteiger partial charge in [-0.3, -0.25) is 4.79 Å². The average molecular weight is 465 g/mol. The van der Waals surface area contributed by atoms with Crippen molar-refractivity contribution < 1.29 is 17.9 Å². The molecule has 1 aliphatic heterocycles. The summed E-state index contributed by atoms with van der Waals surface area (Å²) in [5, 5.41) is 3.14. The Balaban J connectivity index is 1.68. The third-order valence-electron chi connectivity index (χ3n) is 5.97. The number of carbonyl (C=O) groups is 1. The summed E-state index contributed by atoms with van der Waals surface area (Å²) >= 11 is 0. The van der Waals surface area contributed by atoms with E-state index in [4.69, 9.17) is 4.74 Å². The van der Waals surface area contributed by atoms with E-state index in [-0.39, 0.29) is 16.8 Å². The van der Waals surface area contributed by atoms with Crippen LogP contribution in [0.4, 0.5) is 0 Å². The van der Waals surface area contributed by atoms with Crippen LogP contribution in [0.15, 0.2) is 77.7 Å². The fourth-order valence-corrected chi connectivity index (χ4v) is 5.48. The summed E-state index contributed by atoms with van der Waals surface area (Å²) in [4.78, 5) is 13.6. The van der Waals surface area contributed by atoms with Crippen molar-refractivity contribution in [2.24, 2.45) is 0 Å². The molecule has 6 nitrogen and oxygen atoms in total. The van der Waals surface area contributed by atoms with Crippen LogP contribution in [-0.2, 0) is 14.8 Å². The molecule has 0 radical (unpaired) electrons. The van der Waals surface area contributed by atoms with Crippen LogP contribution < -0.4 is 5.32 Å². The number of aryl methyl sites for hydroxylation is 2. The summed E-state index contributed by atoms with van der Waals surface area (Å²) in [5.74, 6) is -0.316. The molecule has 0 aliphatic carbocycles. The fourth-order valence-electron chi connectivity index (χ4n) is 4.05. The number of nitrogens with zero attached hydrogens (tertiary/aromatic N) is 1. The fraction of sp³-hybridized carbons (Fsp3) is 0.269. The Kier molecular flexibility index (Phi) is 6.93. The van der Waals surface area contributed by atoms with Gasteiger partial charge >= 0.3 is 0 Å². The summed E-state index contributed by atoms with van der Waals surface area (Å²) < 4.78 is 32.9. The Hall–Kier alpha value is -3.00. The van der Waals surface area contributed by atoms with Crippen LogP contribution in [0.1, 0.15) is 38.7 Å². The Bertz CT molecular complexity index is 1240. The molecule has 1 fully saturated rings. The predicted octanol–water partition coefficient (Wildman–Crippen LogP) is 3.84. The molecule has 0 aromatic heterocycles. The molecular formula is C26H28N2O4S. The van der Waals surface area contributed by atoms with Crippen molar-refractivity contribution in [3.05, 3.63) is 101 Å². The molecule has 0 saturated carbocycles. The summed E-state index contributed by atoms with van der Waals surface area (Å²) in [6.07, 6.45) is 0. The van der Waals surface area contributed by atoms with Gasteiger partial charge in [0.25, 0.3) is 5.91 Å². The predicted molar refractivity (Wildman–Crippen MR) is 128 cm³/mol. The molecule has 1 amide bonds. The van der Waals surface area contributed by atoms with E-state index in [9.17, 15) is 13.2 Å². The first kappa shape index (κ1) is 23.2. The first-order chi connectivity index (χ1) is 15.9. The second-order valence-corrected chi connectivity index (χ2v) is 10.1. The van der Waals surface area contributed by atoms with E-state index in [1.807, 2.05) is 68.4 Å². The summed E-state index contributed by atoms with van der Waals surface area (Å²) in [5.41, 5.74) is 4.07. The smallest absolute Gasteiger partial charge is 0.252 e. The highest BCUT2D eigenvalue weighted by Crippen LogP contribution is 2.26. The summed E-state index contributed by atoms with van der Waals surface area (Å²) in [7, 11) is -3.70. The quantitative estimate of drug-likeness (QED) is 0.601. The number of nitrogens with one attached hydrogen (secondary N) is 1. The normalized spacial score (nSPS) is 15.7. The van der Waals surface area contributed by atoms with Gasteiger partial charge in [0.05, 0.1) is 24.2 Å². The third-order valence-corrected chi connectivity index (χ3v) is 7.86. The molecule has 1 atom stereocenters. The number of ether oxygens (including phenoxy) is 1. The molecule has 0 bridgehead atoms. The van der Waals surface area contributed by atoms with Gasteiger partial charge in [-0.25, -0.2) is 8.42 Å². The van der Waals surface area contributed by atoms with Crippen LogP contribution in [0.2, 0.25) is 0 Å². The Morgan fingerprint density at radius 2 is 1.58 bits per heavy atom. The second-order valence-electron chi connectivity index (χ2n) is 8.17. The van der Waals surface area contributed by atoms with Gasteiger partial charge in [0.2, 0.25) is 10.0 Å². The molecule has 7 heteroatoms. The van der Waals surface area contributed by atoms with Gasteiger partial charge in [-0.05, 0) is 48.2 Å². The maximum Gasteiger partial charge on any atom is 0.252 e. The minimum Gasteiger partial charge on any atom is -0.379 e. The van der Waals surface area contributed by atoms with Crippen molar-refractivity contribution in [3.63, 3.8) is 0 Å². The number of morpholine rings is 1. The summed E-state index contributed by atoms with van der Waals surface area (Å²) in [6, 6.07) is 22.1. The lowest BCUT2D eigenvalue weighted by Crippen LogP contribution is -2.40. The van der Waals surface area contributed by atoms with Crippen molar-refractivity contribution in [2.75, 3.05) is 26.3 Å². The Labute approximate surface area is 195 Å². The minimum atomic E-state index is -3.70. The van der Waals surface area contributed by atoms with Crippen molar-refractivity contribution >= 4 is 15.9 Å². The van der Waals surface area contributed by atoms with Crippen molar-refractivity contribution in [3.8, 4) is 0 Å². The van der Waals surface area contributed by atoms with Crippen molar-refractivity contribution in [1.82, 2.24) is 9.62 Å². The number of hydrogen-bond donors (Lipinski definition) is 1. The zero-order valence-electron chi connectivity index (χ0n) is 18.8. The standard InChI is InChI=1S/C26H28N2O4S/c1-19-8-6-7-11-23(19)25(21-9-4-3-5-10-21)27-26(29)24-18-22(13-12-20(24)2)33(30,31)28-14-16-32-17-15-28/h3-13,18,25H,14-17H2,1-2H3,(H,27,29)/t25-/m0/s1. The molecule has 3 aromatic rings. The highest BCUT2D eigenvalue weighted by Gasteiger charge is 2.28. The number of benzene rings is 3. The first-order valence-corrected chi connectivity index (χ1v) is 12.4. The molecule has 33 heavy (non-hydrogen) atoms. The number of rotatable bonds is 6. The molecule has 172 valence electrons. The van der Waals surface area contributed by atoms with E-state index in [0.29, 0.717) is 37.4 Å². The van der Waals surface area contributed by atoms with Crippen LogP contribution in [0.5, 0.6) is 0 Å². The highest BCUT2D eigenvalue weighted by molar-refractivity contribution is 7.89. The van der Waals surface area contributed by atoms with Gasteiger partial charge < -0.3 is 10.1 Å². The molecule has 1 heterocycles. The zero-order chi connectivity index (χ0) is 23.4. The lowest BCUT2D eigenvalue weighted by atomic mass is 9.94. The van der Waals surface area contributed by atoms with Crippen molar-refractivity contribution in [2.45, 2.75) is 24.8 Å². The van der Waals surface area contributed by atoms with Gasteiger partial charge in [0, 0.05) is 18.7 Å². The number of amides is 1. The average Bonchev–Trinajstić information content (AvgIpc) is 2.84. The van der Waals surface area contributed by atoms with Crippen LogP contribution >= 0.6 is 0 Å². The maximum atomic E-state index is 13.4. The maximum absolute atomic E-state index is 13.4. The van der Waals surface area contributed by atoms with Crippen LogP contribution in [0, 0.1) is 13.8 Å². The topological polar surface area (TPSA) is 75.7 Å². The van der Waals surface area contributed by atoms with E-state index in [1.54, 1.807) is 12.1 Å². The molecule has 0 spiro atoms. The molecule has 3 aromatic carbocycles. The van der Waals surface area contributed by atoms with E-state index < -0.39 is 10.0 Å². The van der Waals surface area contributed by atoms with Crippen LogP contribution in [0.25, 0.3) is 0 Å². The molecule has 0 unspecified atom stereocenters. The molecule has 1 saturated heterocycles. The molecule has 1 N–H and O–H groups in total. The largest absolute Gasteiger partial charge is 0.379 e. The Morgan fingerprint density at radius 3 is 2.27 bits per heavy atom. The zero-order valence-corrected chi connectivity index (χ0v) is 19.6. The third kappa shape index (κ3) is 5.00. The van der Waals surface area contributed by atoms with E-state index >= 15 is 0 Å². The van der Waals surface area contributed by atoms with Gasteiger partial charge in [-0.1, -0.05) is 60.7 Å².